The van der Waals surface area contributed by atoms with E-state index >= 15 is 0 Å². The minimum absolute atomic E-state index is 0.0444. The molecular weight excluding hydrogens is 995 g/mol. The Bertz CT molecular complexity index is 3130. The van der Waals surface area contributed by atoms with E-state index < -0.39 is 33.8 Å². The van der Waals surface area contributed by atoms with Crippen LogP contribution in [0, 0.1) is 0 Å². The average molecular weight is 1070 g/mol. The molecule has 0 atom stereocenters. The summed E-state index contributed by atoms with van der Waals surface area (Å²) in [6.45, 7) is 31.8. The highest BCUT2D eigenvalue weighted by atomic mass is 19.4. The molecule has 0 unspecified atom stereocenters. The van der Waals surface area contributed by atoms with E-state index in [2.05, 4.69) is 72.5 Å². The molecule has 0 aromatic carbocycles. The van der Waals surface area contributed by atoms with Crippen LogP contribution in [0.5, 0.6) is 0 Å². The molecule has 0 saturated heterocycles. The molecule has 0 aliphatic rings. The Labute approximate surface area is 441 Å². The van der Waals surface area contributed by atoms with Gasteiger partial charge in [0.25, 0.3) is 27.8 Å². The van der Waals surface area contributed by atoms with Gasteiger partial charge in [0.2, 0.25) is 5.56 Å². The van der Waals surface area contributed by atoms with E-state index in [0.29, 0.717) is 11.5 Å². The van der Waals surface area contributed by atoms with Crippen molar-refractivity contribution < 1.29 is 26.3 Å². The number of aryl methyl sites for hydroxylation is 4. The average Bonchev–Trinajstić information content (AvgIpc) is 3.26. The summed E-state index contributed by atoms with van der Waals surface area (Å²) >= 11 is 0. The Morgan fingerprint density at radius 2 is 0.737 bits per heavy atom. The zero-order valence-electron chi connectivity index (χ0n) is 47.7. The second-order valence-corrected chi connectivity index (χ2v) is 22.7. The third-order valence-corrected chi connectivity index (χ3v) is 11.2. The minimum atomic E-state index is -4.75. The van der Waals surface area contributed by atoms with Gasteiger partial charge in [0, 0.05) is 89.4 Å². The maximum Gasteiger partial charge on any atom is 0.507 e. The van der Waals surface area contributed by atoms with Crippen LogP contribution < -0.4 is 33.4 Å². The first-order valence-corrected chi connectivity index (χ1v) is 24.3. The van der Waals surface area contributed by atoms with Gasteiger partial charge in [-0.15, -0.1) is 31.0 Å². The molecule has 0 spiro atoms. The molecule has 420 valence electrons. The molecular formula is C56H78F6N8O6. The van der Waals surface area contributed by atoms with Gasteiger partial charge < -0.3 is 13.7 Å². The Balaban J connectivity index is 0.000000457. The summed E-state index contributed by atoms with van der Waals surface area (Å²) in [7, 11) is 6.95. The van der Waals surface area contributed by atoms with E-state index in [1.165, 1.54) is 22.4 Å². The summed E-state index contributed by atoms with van der Waals surface area (Å²) in [4.78, 5) is 66.3. The van der Waals surface area contributed by atoms with Crippen LogP contribution in [-0.4, -0.2) is 37.8 Å². The first-order chi connectivity index (χ1) is 34.3. The molecule has 6 aromatic rings. The number of aromatic nitrogens is 8. The van der Waals surface area contributed by atoms with Crippen molar-refractivity contribution in [3.63, 3.8) is 0 Å². The van der Waals surface area contributed by atoms with Gasteiger partial charge >= 0.3 is 12.6 Å². The van der Waals surface area contributed by atoms with E-state index in [4.69, 9.17) is 0 Å². The van der Waals surface area contributed by atoms with E-state index in [1.54, 1.807) is 107 Å². The van der Waals surface area contributed by atoms with Gasteiger partial charge in [0.15, 0.2) is 0 Å². The molecule has 0 fully saturated rings. The fourth-order valence-corrected chi connectivity index (χ4v) is 5.94. The standard InChI is InChI=1S/C10H12F3NO.3C10H15NO.C8H9F3N2O.C8H12N2O/c1-9(2,3)7-4-5-8(15)14(6-7)10(11,12)13;2*1-10(2,3)8-5-6-11(4)9(12)7-8;1-10(2,3)8-5-6-9(12)11(4)7-8;1-5(2)6-3-4-7(14)13(12-6)8(9,10)11;1-6(2)7-4-5-8(11)10(3)9-7/h4-6H,1-3H3;3*5-7H,1-4H3;3-5H,1-2H3;4-6H,1-3H3. The highest BCUT2D eigenvalue weighted by Gasteiger charge is 2.34. The SMILES string of the molecule is CC(C)(C)c1ccc(=O)n(C(F)(F)F)c1.CC(C)c1ccc(=O)n(C(F)(F)F)n1.CC(C)c1ccc(=O)n(C)n1.Cn1cc(C(C)(C)C)ccc1=O.Cn1ccc(C(C)(C)C)cc1=O.Cn1ccc(C(C)(C)C)cc1=O. The van der Waals surface area contributed by atoms with Gasteiger partial charge in [0.1, 0.15) is 0 Å². The Morgan fingerprint density at radius 3 is 1.07 bits per heavy atom. The Kier molecular flexibility index (Phi) is 23.6. The number of rotatable bonds is 2. The summed E-state index contributed by atoms with van der Waals surface area (Å²) in [5.74, 6) is 0.228. The maximum absolute atomic E-state index is 12.4. The number of alkyl halides is 6. The van der Waals surface area contributed by atoms with Gasteiger partial charge in [-0.05, 0) is 80.0 Å². The predicted octanol–water partition coefficient (Wildman–Crippen LogP) is 10.4. The van der Waals surface area contributed by atoms with Crippen molar-refractivity contribution in [2.24, 2.45) is 28.2 Å². The highest BCUT2D eigenvalue weighted by molar-refractivity contribution is 5.22. The molecule has 76 heavy (non-hydrogen) atoms. The van der Waals surface area contributed by atoms with Crippen LogP contribution in [0.4, 0.5) is 26.3 Å². The molecule has 14 nitrogen and oxygen atoms in total. The topological polar surface area (TPSA) is 158 Å². The van der Waals surface area contributed by atoms with E-state index in [0.717, 1.165) is 35.2 Å². The summed E-state index contributed by atoms with van der Waals surface area (Å²) in [6.07, 6.45) is -3.04. The van der Waals surface area contributed by atoms with Crippen molar-refractivity contribution in [3.05, 3.63) is 193 Å². The number of hydrogen-bond donors (Lipinski definition) is 0. The first-order valence-electron chi connectivity index (χ1n) is 24.3. The summed E-state index contributed by atoms with van der Waals surface area (Å²) in [6, 6.07) is 18.7. The van der Waals surface area contributed by atoms with Crippen LogP contribution in [-0.2, 0) is 62.5 Å². The minimum Gasteiger partial charge on any atom is -0.319 e. The number of pyridine rings is 4. The van der Waals surface area contributed by atoms with Gasteiger partial charge in [-0.2, -0.15) is 10.2 Å². The summed E-state index contributed by atoms with van der Waals surface area (Å²) in [5.41, 5.74) is 2.72. The molecule has 0 radical (unpaired) electrons. The smallest absolute Gasteiger partial charge is 0.319 e. The van der Waals surface area contributed by atoms with E-state index in [-0.39, 0.29) is 54.7 Å². The second-order valence-electron chi connectivity index (χ2n) is 22.7. The zero-order valence-corrected chi connectivity index (χ0v) is 47.7. The largest absolute Gasteiger partial charge is 0.507 e. The van der Waals surface area contributed by atoms with Gasteiger partial charge in [-0.1, -0.05) is 123 Å². The normalized spacial score (nSPS) is 11.8. The lowest BCUT2D eigenvalue weighted by atomic mass is 9.88. The number of halogens is 6. The summed E-state index contributed by atoms with van der Waals surface area (Å²) in [5, 5.41) is 7.30. The van der Waals surface area contributed by atoms with Crippen LogP contribution in [0.2, 0.25) is 0 Å². The fourth-order valence-electron chi connectivity index (χ4n) is 5.94. The molecule has 0 bridgehead atoms. The van der Waals surface area contributed by atoms with Crippen molar-refractivity contribution in [1.82, 2.24) is 37.8 Å². The predicted molar refractivity (Wildman–Crippen MR) is 289 cm³/mol. The number of nitrogens with zero attached hydrogens (tertiary/aromatic N) is 8. The quantitative estimate of drug-likeness (QED) is 0.155. The molecule has 0 aliphatic heterocycles. The third kappa shape index (κ3) is 22.2. The van der Waals surface area contributed by atoms with Crippen LogP contribution in [0.15, 0.2) is 126 Å². The Hall–Kier alpha value is -6.86. The van der Waals surface area contributed by atoms with Gasteiger partial charge in [-0.3, -0.25) is 28.8 Å². The van der Waals surface area contributed by atoms with Crippen molar-refractivity contribution in [1.29, 1.82) is 0 Å². The second kappa shape index (κ2) is 26.8. The van der Waals surface area contributed by atoms with Crippen LogP contribution in [0.1, 0.15) is 156 Å². The lowest BCUT2D eigenvalue weighted by Gasteiger charge is -2.20. The van der Waals surface area contributed by atoms with E-state index in [9.17, 15) is 55.1 Å². The third-order valence-electron chi connectivity index (χ3n) is 11.2. The molecule has 20 heteroatoms. The number of hydrogen-bond acceptors (Lipinski definition) is 8. The van der Waals surface area contributed by atoms with Crippen molar-refractivity contribution in [3.8, 4) is 0 Å². The maximum atomic E-state index is 12.4. The molecule has 0 amide bonds. The summed E-state index contributed by atoms with van der Waals surface area (Å²) < 4.78 is 79.2. The fraction of sp³-hybridized carbons (Fsp3) is 0.500. The molecule has 0 N–H and O–H groups in total. The lowest BCUT2D eigenvalue weighted by Crippen LogP contribution is -2.33. The first kappa shape index (κ1) is 67.2. The highest BCUT2D eigenvalue weighted by Crippen LogP contribution is 2.26. The molecule has 6 heterocycles. The Morgan fingerprint density at radius 1 is 0.382 bits per heavy atom. The monoisotopic (exact) mass is 1070 g/mol. The molecule has 0 saturated carbocycles. The molecule has 6 aromatic heterocycles. The van der Waals surface area contributed by atoms with Gasteiger partial charge in [-0.25, -0.2) is 9.25 Å². The zero-order chi connectivity index (χ0) is 59.3. The van der Waals surface area contributed by atoms with Gasteiger partial charge in [0.05, 0.1) is 11.4 Å². The molecule has 0 aliphatic carbocycles. The molecule has 6 rings (SSSR count). The van der Waals surface area contributed by atoms with Crippen molar-refractivity contribution >= 4 is 0 Å². The lowest BCUT2D eigenvalue weighted by molar-refractivity contribution is -0.215. The van der Waals surface area contributed by atoms with Crippen LogP contribution in [0.25, 0.3) is 0 Å². The van der Waals surface area contributed by atoms with Crippen LogP contribution in [0.3, 0.4) is 0 Å². The van der Waals surface area contributed by atoms with Crippen LogP contribution >= 0.6 is 0 Å². The van der Waals surface area contributed by atoms with E-state index in [1.807, 2.05) is 50.6 Å². The van der Waals surface area contributed by atoms with Crippen molar-refractivity contribution in [2.75, 3.05) is 0 Å². The van der Waals surface area contributed by atoms with Crippen molar-refractivity contribution in [2.45, 2.75) is 157 Å².